The van der Waals surface area contributed by atoms with E-state index < -0.39 is 26.8 Å². The number of Topliss-reactive ketones (excluding diaryl/α,β-unsaturated/α-hetero) is 1. The van der Waals surface area contributed by atoms with Crippen molar-refractivity contribution in [3.05, 3.63) is 155 Å². The maximum absolute atomic E-state index is 13.8. The molecule has 224 valence electrons. The first-order chi connectivity index (χ1) is 22.2. The summed E-state index contributed by atoms with van der Waals surface area (Å²) in [6.45, 7) is 3.66. The Morgan fingerprint density at radius 1 is 0.630 bits per heavy atom. The maximum atomic E-state index is 13.8. The number of carbonyl (C=O) groups is 1. The fourth-order valence-corrected chi connectivity index (χ4v) is 9.47. The van der Waals surface area contributed by atoms with Crippen LogP contribution in [0.1, 0.15) is 27.0 Å². The standard InChI is InChI=1S/C38H27N2O4S2/c1-24-19-32(20-25(2)38(24)44-46(42,43)36-23-35(40-39)37(41)34-14-8-7-13-33(34)36)45(30-17-15-26-9-3-5-11-28(26)21-30)31-18-16-27-10-4-6-12-29(27)22-31/h3-23H,1-2H3/q+1. The summed E-state index contributed by atoms with van der Waals surface area (Å²) in [5.74, 6) is -0.356. The second-order valence-electron chi connectivity index (χ2n) is 11.1. The van der Waals surface area contributed by atoms with Crippen LogP contribution in [-0.4, -0.2) is 24.7 Å². The molecule has 6 aromatic carbocycles. The molecule has 0 atom stereocenters. The third-order valence-corrected chi connectivity index (χ3v) is 11.5. The van der Waals surface area contributed by atoms with Gasteiger partial charge >= 0.3 is 15.8 Å². The molecule has 8 heteroatoms. The molecule has 0 fully saturated rings. The Labute approximate surface area is 269 Å². The van der Waals surface area contributed by atoms with Gasteiger partial charge in [0.25, 0.3) is 5.78 Å². The molecule has 0 heterocycles. The van der Waals surface area contributed by atoms with Crippen LogP contribution in [0.5, 0.6) is 5.75 Å². The highest BCUT2D eigenvalue weighted by atomic mass is 32.2. The molecule has 0 unspecified atom stereocenters. The average Bonchev–Trinajstić information content (AvgIpc) is 3.06. The highest BCUT2D eigenvalue weighted by Gasteiger charge is 2.37. The molecular weight excluding hydrogens is 613 g/mol. The van der Waals surface area contributed by atoms with Gasteiger partial charge in [-0.05, 0) is 70.8 Å². The quantitative estimate of drug-likeness (QED) is 0.0792. The maximum Gasteiger partial charge on any atom is 0.364 e. The van der Waals surface area contributed by atoms with Crippen LogP contribution in [0.3, 0.4) is 0 Å². The summed E-state index contributed by atoms with van der Waals surface area (Å²) in [6, 6.07) is 39.9. The number of hydrogen-bond donors (Lipinski definition) is 0. The fraction of sp³-hybridized carbons (Fsp3) is 0.0526. The molecular formula is C38H27N2O4S2+. The molecule has 1 aliphatic rings. The smallest absolute Gasteiger partial charge is 0.364 e. The zero-order chi connectivity index (χ0) is 32.0. The topological polar surface area (TPSA) is 96.8 Å². The normalized spacial score (nSPS) is 13.1. The van der Waals surface area contributed by atoms with Crippen LogP contribution in [0.4, 0.5) is 0 Å². The Morgan fingerprint density at radius 2 is 1.13 bits per heavy atom. The van der Waals surface area contributed by atoms with Gasteiger partial charge in [-0.25, -0.2) is 0 Å². The first-order valence-electron chi connectivity index (χ1n) is 14.6. The van der Waals surface area contributed by atoms with E-state index in [-0.39, 0.29) is 27.5 Å². The Balaban J connectivity index is 1.33. The fourth-order valence-electron chi connectivity index (χ4n) is 5.89. The van der Waals surface area contributed by atoms with Gasteiger partial charge in [-0.2, -0.15) is 13.2 Å². The SMILES string of the molecule is Cc1cc([S+](c2ccc3ccccc3c2)c2ccc3ccccc3c2)cc(C)c1OS(=O)(=O)C1=CC(=[N+]=[N-])C(=O)c2ccccc21. The molecule has 0 amide bonds. The van der Waals surface area contributed by atoms with Crippen LogP contribution >= 0.6 is 0 Å². The molecule has 0 N–H and O–H groups in total. The van der Waals surface area contributed by atoms with E-state index in [0.29, 0.717) is 11.1 Å². The largest absolute Gasteiger partial charge is 0.378 e. The minimum Gasteiger partial charge on any atom is -0.378 e. The molecule has 7 rings (SSSR count). The van der Waals surface area contributed by atoms with E-state index in [4.69, 9.17) is 4.18 Å². The van der Waals surface area contributed by atoms with Crippen molar-refractivity contribution in [2.75, 3.05) is 0 Å². The van der Waals surface area contributed by atoms with Crippen molar-refractivity contribution in [2.45, 2.75) is 28.5 Å². The lowest BCUT2D eigenvalue weighted by Gasteiger charge is -2.18. The molecule has 0 bridgehead atoms. The van der Waals surface area contributed by atoms with E-state index in [1.54, 1.807) is 12.1 Å². The molecule has 0 spiro atoms. The summed E-state index contributed by atoms with van der Waals surface area (Å²) in [6.07, 6.45) is 1.05. The van der Waals surface area contributed by atoms with Crippen molar-refractivity contribution in [2.24, 2.45) is 0 Å². The summed E-state index contributed by atoms with van der Waals surface area (Å²) in [5.41, 5.74) is 10.7. The zero-order valence-corrected chi connectivity index (χ0v) is 26.6. The van der Waals surface area contributed by atoms with E-state index in [9.17, 15) is 18.7 Å². The number of allylic oxidation sites excluding steroid dienone is 1. The van der Waals surface area contributed by atoms with Crippen molar-refractivity contribution in [3.63, 3.8) is 0 Å². The number of rotatable bonds is 6. The molecule has 0 aliphatic heterocycles. The molecule has 0 radical (unpaired) electrons. The van der Waals surface area contributed by atoms with Crippen molar-refractivity contribution in [1.29, 1.82) is 0 Å². The van der Waals surface area contributed by atoms with E-state index >= 15 is 0 Å². The first kappa shape index (κ1) is 29.4. The van der Waals surface area contributed by atoms with Gasteiger partial charge in [0, 0.05) is 35.4 Å². The van der Waals surface area contributed by atoms with Crippen LogP contribution in [0.25, 0.3) is 32.0 Å². The van der Waals surface area contributed by atoms with Gasteiger partial charge in [-0.1, -0.05) is 72.8 Å². The van der Waals surface area contributed by atoms with E-state index in [1.165, 1.54) is 12.1 Å². The average molecular weight is 640 g/mol. The summed E-state index contributed by atoms with van der Waals surface area (Å²) < 4.78 is 33.3. The molecule has 0 saturated heterocycles. The molecule has 0 saturated carbocycles. The highest BCUT2D eigenvalue weighted by Crippen LogP contribution is 2.39. The van der Waals surface area contributed by atoms with Crippen LogP contribution in [0.15, 0.2) is 142 Å². The summed E-state index contributed by atoms with van der Waals surface area (Å²) >= 11 is 0. The molecule has 0 aromatic heterocycles. The summed E-state index contributed by atoms with van der Waals surface area (Å²) in [5, 5.41) is 4.60. The second kappa shape index (κ2) is 11.6. The van der Waals surface area contributed by atoms with E-state index in [2.05, 4.69) is 65.5 Å². The minimum absolute atomic E-state index is 0.124. The molecule has 46 heavy (non-hydrogen) atoms. The Kier molecular flexibility index (Phi) is 7.41. The number of aryl methyl sites for hydroxylation is 2. The summed E-state index contributed by atoms with van der Waals surface area (Å²) in [4.78, 5) is 18.8. The number of ketones is 1. The summed E-state index contributed by atoms with van der Waals surface area (Å²) in [7, 11) is -4.95. The van der Waals surface area contributed by atoms with Crippen LogP contribution < -0.4 is 4.18 Å². The van der Waals surface area contributed by atoms with Gasteiger partial charge in [0.1, 0.15) is 10.7 Å². The van der Waals surface area contributed by atoms with Gasteiger partial charge in [0.2, 0.25) is 0 Å². The van der Waals surface area contributed by atoms with Crippen LogP contribution in [0, 0.1) is 13.8 Å². The third kappa shape index (κ3) is 5.22. The van der Waals surface area contributed by atoms with Crippen molar-refractivity contribution in [3.8, 4) is 5.75 Å². The first-order valence-corrected chi connectivity index (χ1v) is 17.2. The monoisotopic (exact) mass is 639 g/mol. The predicted molar refractivity (Wildman–Crippen MR) is 183 cm³/mol. The van der Waals surface area contributed by atoms with Crippen molar-refractivity contribution < 1.29 is 22.2 Å². The lowest BCUT2D eigenvalue weighted by molar-refractivity contribution is -0.00437. The Morgan fingerprint density at radius 3 is 1.67 bits per heavy atom. The third-order valence-electron chi connectivity index (χ3n) is 8.09. The van der Waals surface area contributed by atoms with Gasteiger partial charge in [-0.15, -0.1) is 0 Å². The van der Waals surface area contributed by atoms with Gasteiger partial charge in [0.05, 0.1) is 17.0 Å². The predicted octanol–water partition coefficient (Wildman–Crippen LogP) is 8.32. The molecule has 6 aromatic rings. The number of hydrogen-bond acceptors (Lipinski definition) is 4. The molecule has 1 aliphatic carbocycles. The van der Waals surface area contributed by atoms with Crippen molar-refractivity contribution in [1.82, 2.24) is 0 Å². The Hall–Kier alpha value is -5.27. The zero-order valence-electron chi connectivity index (χ0n) is 25.0. The van der Waals surface area contributed by atoms with Gasteiger partial charge in [0.15, 0.2) is 14.7 Å². The lowest BCUT2D eigenvalue weighted by Crippen LogP contribution is -2.24. The van der Waals surface area contributed by atoms with Crippen LogP contribution in [-0.2, 0) is 21.0 Å². The molecule has 6 nitrogen and oxygen atoms in total. The minimum atomic E-state index is -4.43. The van der Waals surface area contributed by atoms with Gasteiger partial charge in [-0.3, -0.25) is 4.79 Å². The van der Waals surface area contributed by atoms with E-state index in [0.717, 1.165) is 42.3 Å². The number of fused-ring (bicyclic) bond motifs is 3. The second-order valence-corrected chi connectivity index (χ2v) is 14.7. The lowest BCUT2D eigenvalue weighted by atomic mass is 9.95. The van der Waals surface area contributed by atoms with Gasteiger partial charge < -0.3 is 9.71 Å². The number of benzene rings is 6. The van der Waals surface area contributed by atoms with Crippen LogP contribution in [0.2, 0.25) is 0 Å². The Bertz CT molecular complexity index is 2320. The highest BCUT2D eigenvalue weighted by molar-refractivity contribution is 7.97. The van der Waals surface area contributed by atoms with Crippen molar-refractivity contribution >= 4 is 59.0 Å². The number of carbonyl (C=O) groups excluding carboxylic acids is 1. The van der Waals surface area contributed by atoms with E-state index in [1.807, 2.05) is 50.2 Å². The number of nitrogens with zero attached hydrogens (tertiary/aromatic N) is 2.